The first-order valence-electron chi connectivity index (χ1n) is 18.9. The highest BCUT2D eigenvalue weighted by atomic mass is 32.1. The molecule has 0 N–H and O–H groups in total. The third kappa shape index (κ3) is 8.37. The molecule has 2 aliphatic heterocycles. The van der Waals surface area contributed by atoms with Crippen molar-refractivity contribution in [2.24, 2.45) is 0 Å². The highest BCUT2D eigenvalue weighted by Gasteiger charge is 2.30. The molecule has 10 nitrogen and oxygen atoms in total. The Bertz CT molecular complexity index is 2440. The number of ether oxygens (including phenoxy) is 4. The van der Waals surface area contributed by atoms with Crippen LogP contribution < -0.4 is 4.74 Å². The maximum absolute atomic E-state index is 14.8. The molecule has 0 unspecified atom stereocenters. The molecule has 0 saturated carbocycles. The minimum atomic E-state index is -0.572. The third-order valence-corrected chi connectivity index (χ3v) is 11.9. The lowest BCUT2D eigenvalue weighted by atomic mass is 9.94. The molecule has 2 amide bonds. The van der Waals surface area contributed by atoms with Gasteiger partial charge >= 0.3 is 12.2 Å². The summed E-state index contributed by atoms with van der Waals surface area (Å²) >= 11 is 3.09. The van der Waals surface area contributed by atoms with Crippen LogP contribution in [0.1, 0.15) is 48.0 Å². The summed E-state index contributed by atoms with van der Waals surface area (Å²) in [4.78, 5) is 41.1. The topological polar surface area (TPSA) is 103 Å². The number of thiophene rings is 1. The van der Waals surface area contributed by atoms with Gasteiger partial charge in [-0.05, 0) is 73.5 Å². The number of hydrogen-bond donors (Lipinski definition) is 0. The smallest absolute Gasteiger partial charge is 0.410 e. The summed E-state index contributed by atoms with van der Waals surface area (Å²) in [5.74, 6) is -0.0301. The van der Waals surface area contributed by atoms with Gasteiger partial charge in [-0.25, -0.2) is 23.9 Å². The molecule has 5 heterocycles. The van der Waals surface area contributed by atoms with E-state index in [9.17, 15) is 14.0 Å². The number of carbonyl (C=O) groups is 2. The van der Waals surface area contributed by atoms with Crippen LogP contribution in [0.15, 0.2) is 78.2 Å². The number of benzene rings is 3. The van der Waals surface area contributed by atoms with Crippen LogP contribution in [0.4, 0.5) is 14.0 Å². The number of nitrogens with zero attached hydrogens (tertiary/aromatic N) is 4. The van der Waals surface area contributed by atoms with Crippen molar-refractivity contribution in [3.8, 4) is 38.8 Å². The third-order valence-electron chi connectivity index (χ3n) is 9.91. The van der Waals surface area contributed by atoms with Crippen LogP contribution in [0.25, 0.3) is 43.2 Å². The number of rotatable bonds is 9. The van der Waals surface area contributed by atoms with Gasteiger partial charge in [-0.15, -0.1) is 22.7 Å². The number of fused-ring (bicyclic) bond motifs is 3. The Morgan fingerprint density at radius 1 is 0.860 bits per heavy atom. The van der Waals surface area contributed by atoms with Crippen molar-refractivity contribution < 1.29 is 32.9 Å². The van der Waals surface area contributed by atoms with Crippen molar-refractivity contribution in [3.63, 3.8) is 0 Å². The van der Waals surface area contributed by atoms with Crippen LogP contribution in [0.3, 0.4) is 0 Å². The fourth-order valence-corrected chi connectivity index (χ4v) is 9.23. The maximum atomic E-state index is 14.8. The Morgan fingerprint density at radius 2 is 1.67 bits per heavy atom. The van der Waals surface area contributed by atoms with E-state index in [0.29, 0.717) is 67.6 Å². The maximum Gasteiger partial charge on any atom is 0.410 e. The Balaban J connectivity index is 1.18. The number of carbonyl (C=O) groups excluding carboxylic acids is 2. The molecule has 0 atom stereocenters. The molecule has 8 rings (SSSR count). The van der Waals surface area contributed by atoms with Gasteiger partial charge < -0.3 is 28.7 Å². The van der Waals surface area contributed by atoms with E-state index >= 15 is 0 Å². The fraction of sp³-hybridized carbons (Fsp3) is 0.318. The Labute approximate surface area is 338 Å². The van der Waals surface area contributed by atoms with Crippen LogP contribution in [-0.2, 0) is 46.7 Å². The number of aromatic nitrogens is 2. The molecule has 6 aromatic rings. The van der Waals surface area contributed by atoms with Gasteiger partial charge in [-0.1, -0.05) is 42.5 Å². The van der Waals surface area contributed by atoms with Crippen LogP contribution in [-0.4, -0.2) is 71.0 Å². The zero-order chi connectivity index (χ0) is 39.7. The summed E-state index contributed by atoms with van der Waals surface area (Å²) in [6.07, 6.45) is 0.569. The second kappa shape index (κ2) is 16.2. The van der Waals surface area contributed by atoms with Crippen molar-refractivity contribution in [1.82, 2.24) is 19.8 Å². The van der Waals surface area contributed by atoms with Gasteiger partial charge in [-0.2, -0.15) is 0 Å². The first kappa shape index (κ1) is 38.5. The van der Waals surface area contributed by atoms with Crippen molar-refractivity contribution >= 4 is 44.9 Å². The Kier molecular flexibility index (Phi) is 11.0. The summed E-state index contributed by atoms with van der Waals surface area (Å²) in [7, 11) is 1.60. The van der Waals surface area contributed by atoms with Crippen molar-refractivity contribution in [3.05, 3.63) is 111 Å². The van der Waals surface area contributed by atoms with Gasteiger partial charge in [0.25, 0.3) is 0 Å². The summed E-state index contributed by atoms with van der Waals surface area (Å²) in [5.41, 5.74) is 7.38. The van der Waals surface area contributed by atoms with Crippen molar-refractivity contribution in [2.45, 2.75) is 58.9 Å². The molecule has 3 aromatic carbocycles. The van der Waals surface area contributed by atoms with Crippen molar-refractivity contribution in [1.29, 1.82) is 0 Å². The van der Waals surface area contributed by atoms with E-state index in [4.69, 9.17) is 28.9 Å². The lowest BCUT2D eigenvalue weighted by molar-refractivity contribution is 0.0224. The number of hydrogen-bond acceptors (Lipinski definition) is 10. The molecule has 0 saturated heterocycles. The second-order valence-corrected chi connectivity index (χ2v) is 17.1. The molecule has 0 spiro atoms. The van der Waals surface area contributed by atoms with E-state index in [0.717, 1.165) is 54.2 Å². The van der Waals surface area contributed by atoms with E-state index < -0.39 is 11.4 Å². The van der Waals surface area contributed by atoms with E-state index in [1.54, 1.807) is 34.3 Å². The first-order chi connectivity index (χ1) is 27.5. The standard InChI is InChI=1S/C44H43FN4O6S2/c1-44(2,3)55-43(51)48-17-14-28-22-29(10-11-30(28)24-48)38-33-16-21-56-40(33)37(32-13-12-31(45)23-35(32)53-20-19-52-4)39(47-38)41-46-34-15-18-49(25-36(34)57-41)42(50)54-26-27-8-6-5-7-9-27/h5-13,16,21-23H,14-15,17-20,24-26H2,1-4H3. The summed E-state index contributed by atoms with van der Waals surface area (Å²) in [6.45, 7) is 8.27. The number of thiazole rings is 1. The van der Waals surface area contributed by atoms with Crippen LogP contribution in [0.5, 0.6) is 5.75 Å². The SMILES string of the molecule is COCCOc1cc(F)ccc1-c1c(-c2nc3c(s2)CN(C(=O)OCc2ccccc2)CC3)nc(-c2ccc3c(c2)CCN(C(=O)OC(C)(C)C)C3)c2ccsc12. The van der Waals surface area contributed by atoms with Gasteiger partial charge in [-0.3, -0.25) is 0 Å². The summed E-state index contributed by atoms with van der Waals surface area (Å²) in [6, 6.07) is 22.6. The molecule has 3 aromatic heterocycles. The zero-order valence-electron chi connectivity index (χ0n) is 32.3. The predicted molar refractivity (Wildman–Crippen MR) is 220 cm³/mol. The molecule has 0 fully saturated rings. The van der Waals surface area contributed by atoms with Gasteiger partial charge in [0.15, 0.2) is 0 Å². The van der Waals surface area contributed by atoms with Crippen LogP contribution in [0, 0.1) is 5.82 Å². The number of methoxy groups -OCH3 is 1. The monoisotopic (exact) mass is 806 g/mol. The Morgan fingerprint density at radius 3 is 2.47 bits per heavy atom. The molecule has 13 heteroatoms. The van der Waals surface area contributed by atoms with Gasteiger partial charge in [0.05, 0.1) is 24.5 Å². The Hall–Kier alpha value is -5.37. The average molecular weight is 807 g/mol. The first-order valence-corrected chi connectivity index (χ1v) is 20.6. The molecule has 294 valence electrons. The quantitative estimate of drug-likeness (QED) is 0.133. The molecule has 0 bridgehead atoms. The number of halogens is 1. The molecular formula is C44H43FN4O6S2. The minimum Gasteiger partial charge on any atom is -0.490 e. The van der Waals surface area contributed by atoms with Crippen molar-refractivity contribution in [2.75, 3.05) is 33.4 Å². The zero-order valence-corrected chi connectivity index (χ0v) is 33.9. The molecule has 0 radical (unpaired) electrons. The lowest BCUT2D eigenvalue weighted by Gasteiger charge is -2.31. The summed E-state index contributed by atoms with van der Waals surface area (Å²) in [5, 5.41) is 3.69. The average Bonchev–Trinajstić information content (AvgIpc) is 3.87. The van der Waals surface area contributed by atoms with Crippen LogP contribution in [0.2, 0.25) is 0 Å². The van der Waals surface area contributed by atoms with E-state index in [-0.39, 0.29) is 25.4 Å². The molecule has 0 aliphatic carbocycles. The molecule has 57 heavy (non-hydrogen) atoms. The normalized spacial score (nSPS) is 14.0. The van der Waals surface area contributed by atoms with E-state index in [1.807, 2.05) is 56.5 Å². The lowest BCUT2D eigenvalue weighted by Crippen LogP contribution is -2.39. The largest absolute Gasteiger partial charge is 0.490 e. The van der Waals surface area contributed by atoms with Gasteiger partial charge in [0.1, 0.15) is 41.1 Å². The summed E-state index contributed by atoms with van der Waals surface area (Å²) < 4.78 is 38.5. The minimum absolute atomic E-state index is 0.199. The molecule has 2 aliphatic rings. The number of amides is 2. The molecular weight excluding hydrogens is 764 g/mol. The number of pyridine rings is 1. The van der Waals surface area contributed by atoms with E-state index in [2.05, 4.69) is 24.3 Å². The van der Waals surface area contributed by atoms with Crippen LogP contribution >= 0.6 is 22.7 Å². The highest BCUT2D eigenvalue weighted by molar-refractivity contribution is 7.18. The highest BCUT2D eigenvalue weighted by Crippen LogP contribution is 2.47. The fourth-order valence-electron chi connectivity index (χ4n) is 7.15. The van der Waals surface area contributed by atoms with Gasteiger partial charge in [0.2, 0.25) is 0 Å². The van der Waals surface area contributed by atoms with E-state index in [1.165, 1.54) is 23.5 Å². The second-order valence-electron chi connectivity index (χ2n) is 15.1. The van der Waals surface area contributed by atoms with Gasteiger partial charge in [0, 0.05) is 70.9 Å². The predicted octanol–water partition coefficient (Wildman–Crippen LogP) is 9.91.